The molecule has 32 heavy (non-hydrogen) atoms. The summed E-state index contributed by atoms with van der Waals surface area (Å²) in [5, 5.41) is 11.5. The first-order valence-corrected chi connectivity index (χ1v) is 10.4. The maximum absolute atomic E-state index is 12.4. The highest BCUT2D eigenvalue weighted by atomic mass is 16.5. The van der Waals surface area contributed by atoms with Gasteiger partial charge >= 0.3 is 0 Å². The Morgan fingerprint density at radius 3 is 2.62 bits per heavy atom. The summed E-state index contributed by atoms with van der Waals surface area (Å²) in [7, 11) is 0. The normalized spacial score (nSPS) is 16.0. The fourth-order valence-corrected chi connectivity index (χ4v) is 3.49. The van der Waals surface area contributed by atoms with Gasteiger partial charge in [-0.05, 0) is 25.1 Å². The van der Waals surface area contributed by atoms with Crippen molar-refractivity contribution in [2.45, 2.75) is 13.0 Å². The molecule has 0 aromatic carbocycles. The van der Waals surface area contributed by atoms with E-state index < -0.39 is 0 Å². The van der Waals surface area contributed by atoms with Gasteiger partial charge in [-0.25, -0.2) is 19.9 Å². The van der Waals surface area contributed by atoms with Gasteiger partial charge in [0.05, 0.1) is 30.3 Å². The van der Waals surface area contributed by atoms with Crippen molar-refractivity contribution in [3.63, 3.8) is 0 Å². The van der Waals surface area contributed by atoms with Gasteiger partial charge in [0.1, 0.15) is 12.4 Å². The van der Waals surface area contributed by atoms with Crippen LogP contribution in [0.4, 0.5) is 17.5 Å². The molecule has 3 aromatic heterocycles. The van der Waals surface area contributed by atoms with Gasteiger partial charge in [-0.1, -0.05) is 6.07 Å². The second-order valence-electron chi connectivity index (χ2n) is 7.36. The molecule has 0 radical (unpaired) electrons. The van der Waals surface area contributed by atoms with Gasteiger partial charge < -0.3 is 25.0 Å². The van der Waals surface area contributed by atoms with Crippen molar-refractivity contribution in [1.82, 2.24) is 19.9 Å². The number of anilines is 3. The number of ether oxygens (including phenoxy) is 1. The Balaban J connectivity index is 1.34. The van der Waals surface area contributed by atoms with Gasteiger partial charge in [0, 0.05) is 44.1 Å². The third-order valence-corrected chi connectivity index (χ3v) is 5.09. The number of carbonyl (C=O) groups excluding carboxylic acids is 1. The molecular weight excluding hydrogens is 410 g/mol. The number of carbonyl (C=O) groups is 1. The van der Waals surface area contributed by atoms with E-state index in [4.69, 9.17) is 9.84 Å². The van der Waals surface area contributed by atoms with E-state index >= 15 is 0 Å². The molecule has 0 unspecified atom stereocenters. The molecule has 0 spiro atoms. The summed E-state index contributed by atoms with van der Waals surface area (Å²) in [6, 6.07) is 9.32. The highest BCUT2D eigenvalue weighted by molar-refractivity contribution is 6.03. The van der Waals surface area contributed by atoms with Gasteiger partial charge in [0.25, 0.3) is 5.91 Å². The van der Waals surface area contributed by atoms with E-state index in [1.165, 1.54) is 6.20 Å². The minimum Gasteiger partial charge on any atom is -0.475 e. The van der Waals surface area contributed by atoms with Crippen LogP contribution >= 0.6 is 0 Å². The zero-order valence-corrected chi connectivity index (χ0v) is 17.8. The average Bonchev–Trinajstić information content (AvgIpc) is 2.84. The first kappa shape index (κ1) is 21.4. The van der Waals surface area contributed by atoms with Crippen LogP contribution in [0.5, 0.6) is 5.88 Å². The van der Waals surface area contributed by atoms with Crippen LogP contribution in [0.15, 0.2) is 55.1 Å². The van der Waals surface area contributed by atoms with E-state index in [0.717, 1.165) is 25.5 Å². The van der Waals surface area contributed by atoms with E-state index in [2.05, 4.69) is 42.0 Å². The van der Waals surface area contributed by atoms with Crippen molar-refractivity contribution in [3.05, 3.63) is 60.7 Å². The summed E-state index contributed by atoms with van der Waals surface area (Å²) in [5.74, 6) is 1.63. The van der Waals surface area contributed by atoms with Crippen LogP contribution in [-0.2, 0) is 0 Å². The van der Waals surface area contributed by atoms with E-state index in [1.54, 1.807) is 30.7 Å². The summed E-state index contributed by atoms with van der Waals surface area (Å²) in [5.41, 5.74) is 0.879. The fourth-order valence-electron chi connectivity index (χ4n) is 3.49. The van der Waals surface area contributed by atoms with Gasteiger partial charge in [-0.3, -0.25) is 4.79 Å². The van der Waals surface area contributed by atoms with Gasteiger partial charge in [-0.15, -0.1) is 0 Å². The second kappa shape index (κ2) is 10.0. The van der Waals surface area contributed by atoms with Crippen molar-refractivity contribution in [3.8, 4) is 5.88 Å². The fraction of sp³-hybridized carbons (Fsp3) is 0.318. The molecule has 1 atom stereocenters. The molecule has 1 aliphatic rings. The first-order chi connectivity index (χ1) is 15.6. The minimum absolute atomic E-state index is 0.0986. The molecule has 4 rings (SSSR count). The molecule has 0 bridgehead atoms. The van der Waals surface area contributed by atoms with Crippen LogP contribution in [-0.4, -0.2) is 69.8 Å². The SMILES string of the molecule is C[C@H]1CN(c2ccccn2)CCN1c1ncc(NC(=O)c2ccc(OCCO)nc2)cn1. The highest BCUT2D eigenvalue weighted by Crippen LogP contribution is 2.21. The van der Waals surface area contributed by atoms with E-state index in [9.17, 15) is 4.79 Å². The molecule has 10 heteroatoms. The Kier molecular flexibility index (Phi) is 6.71. The van der Waals surface area contributed by atoms with Crippen LogP contribution < -0.4 is 19.9 Å². The molecule has 3 aromatic rings. The quantitative estimate of drug-likeness (QED) is 0.571. The summed E-state index contributed by atoms with van der Waals surface area (Å²) in [4.78, 5) is 34.2. The van der Waals surface area contributed by atoms with Crippen molar-refractivity contribution in [2.24, 2.45) is 0 Å². The lowest BCUT2D eigenvalue weighted by Crippen LogP contribution is -2.53. The predicted octanol–water partition coefficient (Wildman–Crippen LogP) is 1.61. The van der Waals surface area contributed by atoms with E-state index in [-0.39, 0.29) is 25.2 Å². The molecule has 10 nitrogen and oxygen atoms in total. The van der Waals surface area contributed by atoms with Crippen LogP contribution in [0, 0.1) is 0 Å². The maximum atomic E-state index is 12.4. The summed E-state index contributed by atoms with van der Waals surface area (Å²) in [6.07, 6.45) is 6.42. The smallest absolute Gasteiger partial charge is 0.257 e. The van der Waals surface area contributed by atoms with Gasteiger partial charge in [0.2, 0.25) is 11.8 Å². The molecule has 4 heterocycles. The third kappa shape index (κ3) is 5.09. The number of hydrogen-bond acceptors (Lipinski definition) is 9. The number of aromatic nitrogens is 4. The highest BCUT2D eigenvalue weighted by Gasteiger charge is 2.26. The summed E-state index contributed by atoms with van der Waals surface area (Å²) < 4.78 is 5.20. The Morgan fingerprint density at radius 2 is 1.97 bits per heavy atom. The van der Waals surface area contributed by atoms with Gasteiger partial charge in [-0.2, -0.15) is 0 Å². The zero-order valence-electron chi connectivity index (χ0n) is 17.8. The Morgan fingerprint density at radius 1 is 1.12 bits per heavy atom. The number of amides is 1. The third-order valence-electron chi connectivity index (χ3n) is 5.09. The first-order valence-electron chi connectivity index (χ1n) is 10.4. The van der Waals surface area contributed by atoms with E-state index in [0.29, 0.717) is 23.1 Å². The van der Waals surface area contributed by atoms with Crippen molar-refractivity contribution >= 4 is 23.4 Å². The Hall–Kier alpha value is -3.79. The number of nitrogens with zero attached hydrogens (tertiary/aromatic N) is 6. The number of nitrogens with one attached hydrogen (secondary N) is 1. The number of piperazine rings is 1. The van der Waals surface area contributed by atoms with Crippen LogP contribution in [0.25, 0.3) is 0 Å². The zero-order chi connectivity index (χ0) is 22.3. The number of aliphatic hydroxyl groups excluding tert-OH is 1. The van der Waals surface area contributed by atoms with Crippen molar-refractivity contribution in [1.29, 1.82) is 0 Å². The number of rotatable bonds is 7. The number of aliphatic hydroxyl groups is 1. The molecule has 0 aliphatic carbocycles. The Bertz CT molecular complexity index is 1020. The molecule has 2 N–H and O–H groups in total. The summed E-state index contributed by atoms with van der Waals surface area (Å²) >= 11 is 0. The van der Waals surface area contributed by atoms with Crippen LogP contribution in [0.3, 0.4) is 0 Å². The van der Waals surface area contributed by atoms with Crippen LogP contribution in [0.1, 0.15) is 17.3 Å². The van der Waals surface area contributed by atoms with Gasteiger partial charge in [0.15, 0.2) is 0 Å². The lowest BCUT2D eigenvalue weighted by atomic mass is 10.2. The molecule has 166 valence electrons. The average molecular weight is 435 g/mol. The monoisotopic (exact) mass is 435 g/mol. The molecule has 1 aliphatic heterocycles. The van der Waals surface area contributed by atoms with Crippen molar-refractivity contribution < 1.29 is 14.6 Å². The number of hydrogen-bond donors (Lipinski definition) is 2. The minimum atomic E-state index is -0.320. The largest absolute Gasteiger partial charge is 0.475 e. The molecular formula is C22H25N7O3. The van der Waals surface area contributed by atoms with E-state index in [1.807, 2.05) is 18.2 Å². The lowest BCUT2D eigenvalue weighted by molar-refractivity contribution is 0.102. The topological polar surface area (TPSA) is 117 Å². The maximum Gasteiger partial charge on any atom is 0.257 e. The van der Waals surface area contributed by atoms with Crippen LogP contribution in [0.2, 0.25) is 0 Å². The molecule has 0 saturated carbocycles. The van der Waals surface area contributed by atoms with Crippen molar-refractivity contribution in [2.75, 3.05) is 48.0 Å². The molecule has 1 fully saturated rings. The molecule has 1 saturated heterocycles. The lowest BCUT2D eigenvalue weighted by Gasteiger charge is -2.40. The summed E-state index contributed by atoms with van der Waals surface area (Å²) in [6.45, 7) is 4.62. The predicted molar refractivity (Wildman–Crippen MR) is 120 cm³/mol. The standard InChI is InChI=1S/C22H25N7O3/c1-16-15-28(19-4-2-3-7-23-19)8-9-29(16)22-25-13-18(14-26-22)27-21(31)17-5-6-20(24-12-17)32-11-10-30/h2-7,12-14,16,30H,8-11,15H2,1H3,(H,27,31)/t16-/m0/s1. The molecule has 1 amide bonds. The second-order valence-corrected chi connectivity index (χ2v) is 7.36. The Labute approximate surface area is 185 Å². The number of pyridine rings is 2.